The molecule has 6 nitrogen and oxygen atoms in total. The summed E-state index contributed by atoms with van der Waals surface area (Å²) in [7, 11) is -7.23. The highest BCUT2D eigenvalue weighted by atomic mass is 35.5. The lowest BCUT2D eigenvalue weighted by Gasteiger charge is -2.17. The van der Waals surface area contributed by atoms with Gasteiger partial charge in [0.15, 0.2) is 19.7 Å². The first-order valence-corrected chi connectivity index (χ1v) is 14.1. The van der Waals surface area contributed by atoms with Crippen molar-refractivity contribution in [2.75, 3.05) is 25.1 Å². The van der Waals surface area contributed by atoms with Crippen LogP contribution in [0.5, 0.6) is 5.75 Å². The maximum Gasteiger partial charge on any atom is 0.180 e. The number of benzene rings is 2. The molecule has 1 fully saturated rings. The normalized spacial score (nSPS) is 17.9. The highest BCUT2D eigenvalue weighted by molar-refractivity contribution is 7.92. The molecule has 1 saturated heterocycles. The van der Waals surface area contributed by atoms with Crippen molar-refractivity contribution in [1.82, 2.24) is 4.90 Å². The number of halogens is 1. The molecule has 0 unspecified atom stereocenters. The largest absolute Gasteiger partial charge is 0.491 e. The molecular formula is C22H28ClNO5S2. The number of ether oxygens (including phenoxy) is 1. The van der Waals surface area contributed by atoms with E-state index in [2.05, 4.69) is 4.90 Å². The Hall–Kier alpha value is -1.61. The van der Waals surface area contributed by atoms with E-state index in [1.165, 1.54) is 18.2 Å². The topological polar surface area (TPSA) is 80.8 Å². The smallest absolute Gasteiger partial charge is 0.180 e. The molecule has 1 aliphatic heterocycles. The Morgan fingerprint density at radius 3 is 2.39 bits per heavy atom. The van der Waals surface area contributed by atoms with Crippen molar-refractivity contribution in [3.05, 3.63) is 53.1 Å². The SMILES string of the molecule is CC(C)Oc1ccc(CN2CC[C@@H](CS(=O)(=O)c3cc(S(C)(=O)=O)ccc3Cl)C2)cc1. The van der Waals surface area contributed by atoms with Crippen LogP contribution < -0.4 is 4.74 Å². The predicted molar refractivity (Wildman–Crippen MR) is 122 cm³/mol. The van der Waals surface area contributed by atoms with Gasteiger partial charge in [-0.05, 0) is 68.6 Å². The molecule has 31 heavy (non-hydrogen) atoms. The minimum absolute atomic E-state index is 0.0356. The minimum Gasteiger partial charge on any atom is -0.491 e. The standard InChI is InChI=1S/C22H28ClNO5S2/c1-16(2)29-19-6-4-17(5-7-19)13-24-11-10-18(14-24)15-31(27,28)22-12-20(30(3,25)26)8-9-21(22)23/h4-9,12,16,18H,10-11,13-15H2,1-3H3/t18-/m1/s1. The third-order valence-electron chi connectivity index (χ3n) is 5.19. The van der Waals surface area contributed by atoms with Gasteiger partial charge in [-0.1, -0.05) is 23.7 Å². The number of nitrogens with zero attached hydrogens (tertiary/aromatic N) is 1. The van der Waals surface area contributed by atoms with Crippen LogP contribution in [0.3, 0.4) is 0 Å². The second kappa shape index (κ2) is 9.48. The van der Waals surface area contributed by atoms with E-state index in [1.807, 2.05) is 38.1 Å². The zero-order chi connectivity index (χ0) is 22.8. The zero-order valence-electron chi connectivity index (χ0n) is 17.9. The highest BCUT2D eigenvalue weighted by Gasteiger charge is 2.30. The summed E-state index contributed by atoms with van der Waals surface area (Å²) in [5.74, 6) is 0.737. The lowest BCUT2D eigenvalue weighted by atomic mass is 10.1. The van der Waals surface area contributed by atoms with Gasteiger partial charge < -0.3 is 4.74 Å². The van der Waals surface area contributed by atoms with Gasteiger partial charge in [0.05, 0.1) is 26.7 Å². The lowest BCUT2D eigenvalue weighted by molar-refractivity contribution is 0.242. The van der Waals surface area contributed by atoms with E-state index >= 15 is 0 Å². The molecule has 0 radical (unpaired) electrons. The summed E-state index contributed by atoms with van der Waals surface area (Å²) in [5, 5.41) is 0.0472. The highest BCUT2D eigenvalue weighted by Crippen LogP contribution is 2.29. The van der Waals surface area contributed by atoms with E-state index < -0.39 is 19.7 Å². The summed E-state index contributed by atoms with van der Waals surface area (Å²) >= 11 is 6.10. The Morgan fingerprint density at radius 2 is 1.77 bits per heavy atom. The van der Waals surface area contributed by atoms with Crippen molar-refractivity contribution in [1.29, 1.82) is 0 Å². The molecule has 3 rings (SSSR count). The van der Waals surface area contributed by atoms with Crippen LogP contribution in [0.1, 0.15) is 25.8 Å². The van der Waals surface area contributed by atoms with Crippen LogP contribution in [0.2, 0.25) is 5.02 Å². The molecule has 0 N–H and O–H groups in total. The Balaban J connectivity index is 1.64. The van der Waals surface area contributed by atoms with Gasteiger partial charge in [-0.2, -0.15) is 0 Å². The summed E-state index contributed by atoms with van der Waals surface area (Å²) in [4.78, 5) is 2.07. The fourth-order valence-electron chi connectivity index (χ4n) is 3.75. The molecule has 0 aromatic heterocycles. The van der Waals surface area contributed by atoms with Crippen LogP contribution >= 0.6 is 11.6 Å². The van der Waals surface area contributed by atoms with Crippen LogP contribution in [0, 0.1) is 5.92 Å². The van der Waals surface area contributed by atoms with Crippen molar-refractivity contribution in [2.45, 2.75) is 42.7 Å². The summed E-state index contributed by atoms with van der Waals surface area (Å²) in [5.41, 5.74) is 1.14. The Morgan fingerprint density at radius 1 is 1.10 bits per heavy atom. The van der Waals surface area contributed by atoms with E-state index in [4.69, 9.17) is 16.3 Å². The van der Waals surface area contributed by atoms with Crippen molar-refractivity contribution < 1.29 is 21.6 Å². The van der Waals surface area contributed by atoms with Crippen molar-refractivity contribution in [3.8, 4) is 5.75 Å². The first-order chi connectivity index (χ1) is 14.4. The van der Waals surface area contributed by atoms with E-state index in [0.29, 0.717) is 6.54 Å². The molecule has 170 valence electrons. The molecule has 0 bridgehead atoms. The van der Waals surface area contributed by atoms with Crippen LogP contribution in [0.4, 0.5) is 0 Å². The van der Waals surface area contributed by atoms with Crippen molar-refractivity contribution >= 4 is 31.3 Å². The Labute approximate surface area is 190 Å². The molecule has 0 spiro atoms. The van der Waals surface area contributed by atoms with Crippen LogP contribution in [0.25, 0.3) is 0 Å². The fourth-order valence-corrected chi connectivity index (χ4v) is 6.68. The quantitative estimate of drug-likeness (QED) is 0.565. The zero-order valence-corrected chi connectivity index (χ0v) is 20.3. The van der Waals surface area contributed by atoms with E-state index in [9.17, 15) is 16.8 Å². The molecule has 2 aromatic carbocycles. The average Bonchev–Trinajstić information content (AvgIpc) is 3.08. The van der Waals surface area contributed by atoms with Gasteiger partial charge in [-0.25, -0.2) is 16.8 Å². The third kappa shape index (κ3) is 6.44. The average molecular weight is 486 g/mol. The lowest BCUT2D eigenvalue weighted by Crippen LogP contribution is -2.23. The Kier molecular flexibility index (Phi) is 7.35. The van der Waals surface area contributed by atoms with Gasteiger partial charge in [-0.15, -0.1) is 0 Å². The summed E-state index contributed by atoms with van der Waals surface area (Å²) in [6.45, 7) is 6.17. The summed E-state index contributed by atoms with van der Waals surface area (Å²) < 4.78 is 55.2. The molecule has 0 saturated carbocycles. The molecular weight excluding hydrogens is 458 g/mol. The minimum atomic E-state index is -3.71. The first kappa shape index (κ1) is 24.0. The van der Waals surface area contributed by atoms with Crippen molar-refractivity contribution in [2.24, 2.45) is 5.92 Å². The predicted octanol–water partition coefficient (Wildman–Crippen LogP) is 3.83. The number of likely N-dealkylation sites (tertiary alicyclic amines) is 1. The number of hydrogen-bond donors (Lipinski definition) is 0. The van der Waals surface area contributed by atoms with Crippen LogP contribution in [-0.4, -0.2) is 52.9 Å². The second-order valence-corrected chi connectivity index (χ2v) is 12.8. The monoisotopic (exact) mass is 485 g/mol. The van der Waals surface area contributed by atoms with Gasteiger partial charge in [0.1, 0.15) is 5.75 Å². The first-order valence-electron chi connectivity index (χ1n) is 10.1. The van der Waals surface area contributed by atoms with Crippen molar-refractivity contribution in [3.63, 3.8) is 0 Å². The van der Waals surface area contributed by atoms with Gasteiger partial charge in [0.2, 0.25) is 0 Å². The van der Waals surface area contributed by atoms with Gasteiger partial charge in [0, 0.05) is 19.3 Å². The molecule has 0 aliphatic carbocycles. The number of hydrogen-bond acceptors (Lipinski definition) is 6. The van der Waals surface area contributed by atoms with E-state index in [1.54, 1.807) is 0 Å². The van der Waals surface area contributed by atoms with Crippen LogP contribution in [0.15, 0.2) is 52.3 Å². The molecule has 2 aromatic rings. The van der Waals surface area contributed by atoms with Gasteiger partial charge >= 0.3 is 0 Å². The Bertz CT molecular complexity index is 1130. The van der Waals surface area contributed by atoms with Gasteiger partial charge in [0.25, 0.3) is 0 Å². The molecule has 9 heteroatoms. The third-order valence-corrected chi connectivity index (χ3v) is 8.66. The fraction of sp³-hybridized carbons (Fsp3) is 0.455. The molecule has 1 heterocycles. The maximum atomic E-state index is 13.0. The summed E-state index contributed by atoms with van der Waals surface area (Å²) in [6, 6.07) is 11.8. The van der Waals surface area contributed by atoms with E-state index in [0.717, 1.165) is 37.1 Å². The second-order valence-electron chi connectivity index (χ2n) is 8.35. The molecule has 0 amide bonds. The number of rotatable bonds is 8. The maximum absolute atomic E-state index is 13.0. The molecule has 1 atom stereocenters. The van der Waals surface area contributed by atoms with Gasteiger partial charge in [-0.3, -0.25) is 4.90 Å². The number of sulfone groups is 2. The summed E-state index contributed by atoms with van der Waals surface area (Å²) in [6.07, 6.45) is 1.93. The van der Waals surface area contributed by atoms with Crippen LogP contribution in [-0.2, 0) is 26.2 Å². The molecule has 1 aliphatic rings. The van der Waals surface area contributed by atoms with E-state index in [-0.39, 0.29) is 32.6 Å².